The Labute approximate surface area is 163 Å². The molecule has 3 aromatic heterocycles. The molecule has 3 N–H and O–H groups in total. The lowest BCUT2D eigenvalue weighted by Gasteiger charge is -2.08. The smallest absolute Gasteiger partial charge is 0.253 e. The third-order valence-corrected chi connectivity index (χ3v) is 4.70. The van der Waals surface area contributed by atoms with Crippen molar-refractivity contribution in [1.82, 2.24) is 20.5 Å². The van der Waals surface area contributed by atoms with E-state index in [1.807, 2.05) is 12.1 Å². The highest BCUT2D eigenvalue weighted by molar-refractivity contribution is 7.20. The van der Waals surface area contributed by atoms with Gasteiger partial charge in [0.15, 0.2) is 5.82 Å². The molecule has 0 saturated heterocycles. The van der Waals surface area contributed by atoms with Crippen molar-refractivity contribution < 1.29 is 4.79 Å². The summed E-state index contributed by atoms with van der Waals surface area (Å²) in [5.41, 5.74) is 1.21. The molecule has 3 rings (SSSR count). The second-order valence-electron chi connectivity index (χ2n) is 5.09. The van der Waals surface area contributed by atoms with Gasteiger partial charge in [0.05, 0.1) is 21.8 Å². The van der Waals surface area contributed by atoms with Crippen LogP contribution in [0.5, 0.6) is 0 Å². The number of anilines is 3. The average molecular weight is 409 g/mol. The van der Waals surface area contributed by atoms with Crippen LogP contribution >= 0.6 is 34.5 Å². The fraction of sp³-hybridized carbons (Fsp3) is 0.125. The molecule has 0 aliphatic carbocycles. The molecule has 0 fully saturated rings. The van der Waals surface area contributed by atoms with Crippen molar-refractivity contribution in [2.24, 2.45) is 0 Å². The molecular formula is C16H14Cl2N6OS. The van der Waals surface area contributed by atoms with Gasteiger partial charge in [0, 0.05) is 19.3 Å². The standard InChI is InChI=1S/C16H14Cl2N6OS/c17-12-8-11(15(18)26-12)16(25)21-7-6-20-13-3-4-14(24-23-13)22-10-2-1-5-19-9-10/h1-5,8-9H,6-7H2,(H,20,23)(H,21,25)(H,22,24). The lowest BCUT2D eigenvalue weighted by atomic mass is 10.3. The number of aromatic nitrogens is 3. The minimum Gasteiger partial charge on any atom is -0.367 e. The first-order chi connectivity index (χ1) is 12.6. The van der Waals surface area contributed by atoms with Gasteiger partial charge in [-0.2, -0.15) is 0 Å². The summed E-state index contributed by atoms with van der Waals surface area (Å²) < 4.78 is 0.858. The van der Waals surface area contributed by atoms with E-state index in [0.717, 1.165) is 17.0 Å². The van der Waals surface area contributed by atoms with Crippen molar-refractivity contribution >= 4 is 57.8 Å². The van der Waals surface area contributed by atoms with E-state index < -0.39 is 0 Å². The molecule has 3 aromatic rings. The Hall–Kier alpha value is -2.42. The van der Waals surface area contributed by atoms with E-state index in [1.54, 1.807) is 30.6 Å². The Morgan fingerprint density at radius 1 is 1.12 bits per heavy atom. The predicted octanol–water partition coefficient (Wildman–Crippen LogP) is 3.83. The van der Waals surface area contributed by atoms with E-state index in [9.17, 15) is 4.79 Å². The van der Waals surface area contributed by atoms with Crippen molar-refractivity contribution in [2.45, 2.75) is 0 Å². The first-order valence-corrected chi connectivity index (χ1v) is 9.17. The molecule has 7 nitrogen and oxygen atoms in total. The van der Waals surface area contributed by atoms with Crippen LogP contribution in [0.4, 0.5) is 17.3 Å². The first kappa shape index (κ1) is 18.4. The quantitative estimate of drug-likeness (QED) is 0.514. The largest absolute Gasteiger partial charge is 0.367 e. The summed E-state index contributed by atoms with van der Waals surface area (Å²) in [4.78, 5) is 16.0. The van der Waals surface area contributed by atoms with Gasteiger partial charge in [0.25, 0.3) is 5.91 Å². The van der Waals surface area contributed by atoms with Gasteiger partial charge in [-0.05, 0) is 30.3 Å². The number of thiophene rings is 1. The molecule has 0 spiro atoms. The van der Waals surface area contributed by atoms with Crippen LogP contribution in [-0.4, -0.2) is 34.2 Å². The van der Waals surface area contributed by atoms with Crippen molar-refractivity contribution in [1.29, 1.82) is 0 Å². The van der Waals surface area contributed by atoms with Crippen LogP contribution in [0.1, 0.15) is 10.4 Å². The van der Waals surface area contributed by atoms with E-state index in [1.165, 1.54) is 0 Å². The monoisotopic (exact) mass is 408 g/mol. The number of nitrogens with zero attached hydrogens (tertiary/aromatic N) is 3. The molecule has 3 heterocycles. The fourth-order valence-corrected chi connectivity index (χ4v) is 3.49. The molecule has 0 radical (unpaired) electrons. The Bertz CT molecular complexity index is 872. The van der Waals surface area contributed by atoms with E-state index in [4.69, 9.17) is 23.2 Å². The first-order valence-electron chi connectivity index (χ1n) is 7.59. The molecule has 0 aliphatic rings. The summed E-state index contributed by atoms with van der Waals surface area (Å²) in [5, 5.41) is 17.1. The normalized spacial score (nSPS) is 10.4. The summed E-state index contributed by atoms with van der Waals surface area (Å²) >= 11 is 12.9. The summed E-state index contributed by atoms with van der Waals surface area (Å²) in [6.07, 6.45) is 3.40. The zero-order valence-electron chi connectivity index (χ0n) is 13.4. The Kier molecular flexibility index (Phi) is 6.21. The molecule has 26 heavy (non-hydrogen) atoms. The third kappa shape index (κ3) is 5.04. The van der Waals surface area contributed by atoms with Crippen LogP contribution in [0.25, 0.3) is 0 Å². The second-order valence-corrected chi connectivity index (χ2v) is 7.38. The number of carbonyl (C=O) groups excluding carboxylic acids is 1. The molecule has 0 aromatic carbocycles. The SMILES string of the molecule is O=C(NCCNc1ccc(Nc2cccnc2)nn1)c1cc(Cl)sc1Cl. The number of halogens is 2. The van der Waals surface area contributed by atoms with Gasteiger partial charge in [0.2, 0.25) is 0 Å². The molecule has 0 saturated carbocycles. The highest BCUT2D eigenvalue weighted by atomic mass is 35.5. The summed E-state index contributed by atoms with van der Waals surface area (Å²) in [6, 6.07) is 8.86. The van der Waals surface area contributed by atoms with E-state index in [0.29, 0.717) is 39.0 Å². The molecular weight excluding hydrogens is 395 g/mol. The molecule has 0 atom stereocenters. The third-order valence-electron chi connectivity index (χ3n) is 3.22. The average Bonchev–Trinajstić information content (AvgIpc) is 2.99. The van der Waals surface area contributed by atoms with Gasteiger partial charge in [-0.15, -0.1) is 21.5 Å². The van der Waals surface area contributed by atoms with E-state index >= 15 is 0 Å². The topological polar surface area (TPSA) is 91.8 Å². The number of hydrogen-bond donors (Lipinski definition) is 3. The van der Waals surface area contributed by atoms with Crippen LogP contribution < -0.4 is 16.0 Å². The zero-order chi connectivity index (χ0) is 18.4. The van der Waals surface area contributed by atoms with Crippen molar-refractivity contribution in [2.75, 3.05) is 23.7 Å². The van der Waals surface area contributed by atoms with E-state index in [-0.39, 0.29) is 5.91 Å². The number of hydrogen-bond acceptors (Lipinski definition) is 7. The minimum atomic E-state index is -0.262. The summed E-state index contributed by atoms with van der Waals surface area (Å²) in [5.74, 6) is 0.954. The number of carbonyl (C=O) groups is 1. The second kappa shape index (κ2) is 8.79. The van der Waals surface area contributed by atoms with Crippen LogP contribution in [0.3, 0.4) is 0 Å². The van der Waals surface area contributed by atoms with Crippen molar-refractivity contribution in [3.05, 3.63) is 57.0 Å². The maximum atomic E-state index is 12.0. The lowest BCUT2D eigenvalue weighted by Crippen LogP contribution is -2.28. The summed E-state index contributed by atoms with van der Waals surface area (Å²) in [7, 11) is 0. The maximum Gasteiger partial charge on any atom is 0.253 e. The van der Waals surface area contributed by atoms with Crippen LogP contribution in [0.2, 0.25) is 8.67 Å². The van der Waals surface area contributed by atoms with Crippen LogP contribution in [0.15, 0.2) is 42.7 Å². The van der Waals surface area contributed by atoms with Gasteiger partial charge < -0.3 is 16.0 Å². The van der Waals surface area contributed by atoms with Crippen molar-refractivity contribution in [3.8, 4) is 0 Å². The minimum absolute atomic E-state index is 0.262. The van der Waals surface area contributed by atoms with Gasteiger partial charge >= 0.3 is 0 Å². The Balaban J connectivity index is 1.43. The molecule has 0 aliphatic heterocycles. The fourth-order valence-electron chi connectivity index (χ4n) is 2.03. The molecule has 134 valence electrons. The number of pyridine rings is 1. The van der Waals surface area contributed by atoms with Gasteiger partial charge in [-0.3, -0.25) is 9.78 Å². The lowest BCUT2D eigenvalue weighted by molar-refractivity contribution is 0.0956. The predicted molar refractivity (Wildman–Crippen MR) is 105 cm³/mol. The van der Waals surface area contributed by atoms with E-state index in [2.05, 4.69) is 31.1 Å². The molecule has 0 bridgehead atoms. The maximum absolute atomic E-state index is 12.0. The molecule has 10 heteroatoms. The highest BCUT2D eigenvalue weighted by Crippen LogP contribution is 2.30. The van der Waals surface area contributed by atoms with Gasteiger partial charge in [0.1, 0.15) is 10.2 Å². The number of amides is 1. The number of rotatable bonds is 7. The zero-order valence-corrected chi connectivity index (χ0v) is 15.7. The number of nitrogens with one attached hydrogen (secondary N) is 3. The summed E-state index contributed by atoms with van der Waals surface area (Å²) in [6.45, 7) is 0.894. The van der Waals surface area contributed by atoms with Crippen LogP contribution in [0, 0.1) is 0 Å². The highest BCUT2D eigenvalue weighted by Gasteiger charge is 2.13. The molecule has 1 amide bonds. The van der Waals surface area contributed by atoms with Crippen LogP contribution in [-0.2, 0) is 0 Å². The van der Waals surface area contributed by atoms with Gasteiger partial charge in [-0.1, -0.05) is 23.2 Å². The van der Waals surface area contributed by atoms with Gasteiger partial charge in [-0.25, -0.2) is 0 Å². The van der Waals surface area contributed by atoms with Crippen molar-refractivity contribution in [3.63, 3.8) is 0 Å². The Morgan fingerprint density at radius 2 is 1.92 bits per heavy atom. The molecule has 0 unspecified atom stereocenters. The Morgan fingerprint density at radius 3 is 2.58 bits per heavy atom.